The van der Waals surface area contributed by atoms with Crippen molar-refractivity contribution in [3.05, 3.63) is 29.8 Å². The molecule has 1 aliphatic carbocycles. The van der Waals surface area contributed by atoms with Gasteiger partial charge in [-0.2, -0.15) is 0 Å². The zero-order valence-corrected chi connectivity index (χ0v) is 12.5. The number of benzene rings is 1. The smallest absolute Gasteiger partial charge is 0.236 e. The summed E-state index contributed by atoms with van der Waals surface area (Å²) >= 11 is 0. The molecule has 1 saturated carbocycles. The summed E-state index contributed by atoms with van der Waals surface area (Å²) in [6.45, 7) is 1.89. The molecule has 1 heterocycles. The summed E-state index contributed by atoms with van der Waals surface area (Å²) < 4.78 is 0. The Morgan fingerprint density at radius 1 is 1.14 bits per heavy atom. The van der Waals surface area contributed by atoms with Crippen LogP contribution in [-0.2, 0) is 9.59 Å². The largest absolute Gasteiger partial charge is 0.398 e. The van der Waals surface area contributed by atoms with Crippen LogP contribution < -0.4 is 5.73 Å². The van der Waals surface area contributed by atoms with Crippen molar-refractivity contribution in [3.8, 4) is 0 Å². The number of hydrogen-bond donors (Lipinski definition) is 1. The van der Waals surface area contributed by atoms with E-state index in [2.05, 4.69) is 0 Å². The molecule has 21 heavy (non-hydrogen) atoms. The number of amides is 2. The lowest BCUT2D eigenvalue weighted by Gasteiger charge is -2.32. The van der Waals surface area contributed by atoms with E-state index in [9.17, 15) is 9.59 Å². The van der Waals surface area contributed by atoms with Gasteiger partial charge in [0, 0.05) is 12.1 Å². The Morgan fingerprint density at radius 3 is 2.48 bits per heavy atom. The van der Waals surface area contributed by atoms with Crippen LogP contribution in [0.5, 0.6) is 0 Å². The van der Waals surface area contributed by atoms with E-state index in [1.165, 1.54) is 11.3 Å². The molecule has 1 atom stereocenters. The number of likely N-dealkylation sites (tertiary alicyclic amines) is 1. The Labute approximate surface area is 125 Å². The first-order chi connectivity index (χ1) is 10.1. The molecule has 0 bridgehead atoms. The molecule has 1 aliphatic heterocycles. The van der Waals surface area contributed by atoms with E-state index in [-0.39, 0.29) is 17.9 Å². The van der Waals surface area contributed by atoms with Crippen LogP contribution in [0.15, 0.2) is 24.3 Å². The van der Waals surface area contributed by atoms with E-state index >= 15 is 0 Å². The molecule has 112 valence electrons. The third kappa shape index (κ3) is 2.23. The average molecular weight is 286 g/mol. The van der Waals surface area contributed by atoms with Crippen LogP contribution in [0, 0.1) is 5.41 Å². The summed E-state index contributed by atoms with van der Waals surface area (Å²) in [4.78, 5) is 26.8. The summed E-state index contributed by atoms with van der Waals surface area (Å²) in [5.41, 5.74) is 7.07. The van der Waals surface area contributed by atoms with Gasteiger partial charge in [0.1, 0.15) is 0 Å². The van der Waals surface area contributed by atoms with E-state index in [1.54, 1.807) is 0 Å². The van der Waals surface area contributed by atoms with Gasteiger partial charge in [0.2, 0.25) is 11.8 Å². The highest BCUT2D eigenvalue weighted by Crippen LogP contribution is 2.47. The van der Waals surface area contributed by atoms with E-state index in [1.807, 2.05) is 31.2 Å². The summed E-state index contributed by atoms with van der Waals surface area (Å²) in [5, 5.41) is 0. The lowest BCUT2D eigenvalue weighted by molar-refractivity contribution is -0.144. The number of para-hydroxylation sites is 1. The number of imide groups is 1. The van der Waals surface area contributed by atoms with Crippen LogP contribution in [0.2, 0.25) is 0 Å². The fourth-order valence-electron chi connectivity index (χ4n) is 3.86. The van der Waals surface area contributed by atoms with Gasteiger partial charge in [0.05, 0.1) is 11.5 Å². The van der Waals surface area contributed by atoms with Crippen LogP contribution in [0.4, 0.5) is 5.69 Å². The van der Waals surface area contributed by atoms with Crippen molar-refractivity contribution in [1.29, 1.82) is 0 Å². The number of carbonyl (C=O) groups is 2. The summed E-state index contributed by atoms with van der Waals surface area (Å²) in [7, 11) is 0. The topological polar surface area (TPSA) is 63.4 Å². The highest BCUT2D eigenvalue weighted by molar-refractivity contribution is 6.06. The number of nitrogen functional groups attached to an aromatic ring is 1. The minimum Gasteiger partial charge on any atom is -0.398 e. The lowest BCUT2D eigenvalue weighted by Crippen LogP contribution is -2.38. The first-order valence-corrected chi connectivity index (χ1v) is 7.76. The molecular formula is C17H22N2O2. The number of nitrogens with zero attached hydrogens (tertiary/aromatic N) is 1. The monoisotopic (exact) mass is 286 g/mol. The third-order valence-electron chi connectivity index (χ3n) is 5.07. The summed E-state index contributed by atoms with van der Waals surface area (Å²) in [6.07, 6.45) is 5.35. The molecular weight excluding hydrogens is 264 g/mol. The Kier molecular flexibility index (Phi) is 3.47. The van der Waals surface area contributed by atoms with Crippen LogP contribution in [-0.4, -0.2) is 16.7 Å². The predicted molar refractivity (Wildman–Crippen MR) is 81.3 cm³/mol. The highest BCUT2D eigenvalue weighted by atomic mass is 16.2. The minimum atomic E-state index is -0.423. The van der Waals surface area contributed by atoms with Gasteiger partial charge in [0.15, 0.2) is 0 Å². The Morgan fingerprint density at radius 2 is 1.81 bits per heavy atom. The molecule has 2 N–H and O–H groups in total. The van der Waals surface area contributed by atoms with Crippen LogP contribution in [0.3, 0.4) is 0 Å². The van der Waals surface area contributed by atoms with E-state index in [0.29, 0.717) is 12.1 Å². The van der Waals surface area contributed by atoms with Gasteiger partial charge < -0.3 is 5.73 Å². The minimum absolute atomic E-state index is 0.0166. The molecule has 0 aromatic heterocycles. The Hall–Kier alpha value is -1.84. The Balaban J connectivity index is 1.90. The molecule has 2 fully saturated rings. The van der Waals surface area contributed by atoms with Gasteiger partial charge >= 0.3 is 0 Å². The number of carbonyl (C=O) groups excluding carboxylic acids is 2. The normalized spacial score (nSPS) is 22.8. The molecule has 1 unspecified atom stereocenters. The second-order valence-corrected chi connectivity index (χ2v) is 6.39. The van der Waals surface area contributed by atoms with Crippen molar-refractivity contribution >= 4 is 17.5 Å². The molecule has 1 saturated heterocycles. The van der Waals surface area contributed by atoms with Crippen LogP contribution in [0.1, 0.15) is 57.1 Å². The van der Waals surface area contributed by atoms with Gasteiger partial charge in [-0.3, -0.25) is 14.5 Å². The number of rotatable bonds is 2. The maximum atomic E-state index is 12.9. The molecule has 1 aromatic rings. The zero-order valence-electron chi connectivity index (χ0n) is 12.5. The van der Waals surface area contributed by atoms with Crippen molar-refractivity contribution in [2.45, 2.75) is 51.5 Å². The molecule has 3 rings (SSSR count). The summed E-state index contributed by atoms with van der Waals surface area (Å²) in [5.74, 6) is -0.0272. The van der Waals surface area contributed by atoms with Gasteiger partial charge in [-0.1, -0.05) is 37.5 Å². The maximum Gasteiger partial charge on any atom is 0.236 e. The quantitative estimate of drug-likeness (QED) is 0.671. The highest BCUT2D eigenvalue weighted by Gasteiger charge is 2.52. The van der Waals surface area contributed by atoms with Gasteiger partial charge in [-0.25, -0.2) is 0 Å². The van der Waals surface area contributed by atoms with Crippen molar-refractivity contribution in [1.82, 2.24) is 4.90 Å². The number of anilines is 1. The summed E-state index contributed by atoms with van der Waals surface area (Å²) in [6, 6.07) is 7.18. The van der Waals surface area contributed by atoms with Crippen LogP contribution >= 0.6 is 0 Å². The fourth-order valence-corrected chi connectivity index (χ4v) is 3.86. The van der Waals surface area contributed by atoms with E-state index in [0.717, 1.165) is 31.2 Å². The van der Waals surface area contributed by atoms with Crippen molar-refractivity contribution in [3.63, 3.8) is 0 Å². The number of nitrogens with two attached hydrogens (primary N) is 1. The molecule has 4 heteroatoms. The number of hydrogen-bond acceptors (Lipinski definition) is 3. The molecule has 2 amide bonds. The fraction of sp³-hybridized carbons (Fsp3) is 0.529. The van der Waals surface area contributed by atoms with Crippen molar-refractivity contribution in [2.75, 3.05) is 5.73 Å². The second-order valence-electron chi connectivity index (χ2n) is 6.39. The SMILES string of the molecule is CC(c1ccccc1N)N1C(=O)CC2(CCCCC2)C1=O. The lowest BCUT2D eigenvalue weighted by atomic mass is 9.73. The first-order valence-electron chi connectivity index (χ1n) is 7.76. The molecule has 4 nitrogen and oxygen atoms in total. The van der Waals surface area contributed by atoms with Gasteiger partial charge in [0.25, 0.3) is 0 Å². The molecule has 1 aromatic carbocycles. The molecule has 0 radical (unpaired) electrons. The molecule has 1 spiro atoms. The van der Waals surface area contributed by atoms with Crippen molar-refractivity contribution in [2.24, 2.45) is 5.41 Å². The third-order valence-corrected chi connectivity index (χ3v) is 5.07. The first kappa shape index (κ1) is 14.1. The maximum absolute atomic E-state index is 12.9. The standard InChI is InChI=1S/C17H22N2O2/c1-12(13-7-3-4-8-14(13)18)19-15(20)11-17(16(19)21)9-5-2-6-10-17/h3-4,7-8,12H,2,5-6,9-11,18H2,1H3. The Bertz CT molecular complexity index is 576. The van der Waals surface area contributed by atoms with Crippen molar-refractivity contribution < 1.29 is 9.59 Å². The average Bonchev–Trinajstić information content (AvgIpc) is 2.70. The van der Waals surface area contributed by atoms with Gasteiger partial charge in [-0.15, -0.1) is 0 Å². The van der Waals surface area contributed by atoms with Crippen LogP contribution in [0.25, 0.3) is 0 Å². The van der Waals surface area contributed by atoms with E-state index < -0.39 is 5.41 Å². The predicted octanol–water partition coefficient (Wildman–Crippen LogP) is 3.04. The van der Waals surface area contributed by atoms with E-state index in [4.69, 9.17) is 5.73 Å². The second kappa shape index (κ2) is 5.17. The zero-order chi connectivity index (χ0) is 15.0. The molecule has 2 aliphatic rings. The van der Waals surface area contributed by atoms with Gasteiger partial charge in [-0.05, 0) is 31.4 Å².